The molecule has 0 bridgehead atoms. The van der Waals surface area contributed by atoms with E-state index in [-0.39, 0.29) is 38.6 Å². The predicted octanol–water partition coefficient (Wildman–Crippen LogP) is 6.16. The Hall–Kier alpha value is -4.66. The normalized spacial score (nSPS) is 10.8. The van der Waals surface area contributed by atoms with Crippen molar-refractivity contribution >= 4 is 52.2 Å². The summed E-state index contributed by atoms with van der Waals surface area (Å²) in [7, 11) is 1.34. The summed E-state index contributed by atoms with van der Waals surface area (Å²) < 4.78 is 10.9. The molecule has 0 aliphatic rings. The Morgan fingerprint density at radius 2 is 1.67 bits per heavy atom. The molecule has 0 saturated carbocycles. The van der Waals surface area contributed by atoms with Gasteiger partial charge in [0.1, 0.15) is 11.6 Å². The number of carbonyl (C=O) groups excluding carboxylic acids is 1. The molecule has 0 heterocycles. The maximum absolute atomic E-state index is 12.7. The van der Waals surface area contributed by atoms with Crippen molar-refractivity contribution < 1.29 is 24.1 Å². The van der Waals surface area contributed by atoms with Crippen molar-refractivity contribution in [3.8, 4) is 23.3 Å². The van der Waals surface area contributed by atoms with Gasteiger partial charge < -0.3 is 14.8 Å². The first-order valence-electron chi connectivity index (χ1n) is 9.80. The number of nitriles is 1. The number of carbonyl (C=O) groups is 1. The number of nitro groups is 2. The molecule has 1 N–H and O–H groups in total. The van der Waals surface area contributed by atoms with Crippen molar-refractivity contribution in [3.63, 3.8) is 0 Å². The molecule has 0 aliphatic carbocycles. The number of hydrogen-bond acceptors (Lipinski definition) is 8. The summed E-state index contributed by atoms with van der Waals surface area (Å²) in [5, 5.41) is 34.8. The maximum atomic E-state index is 12.7. The molecule has 13 heteroatoms. The monoisotopic (exact) mass is 528 g/mol. The highest BCUT2D eigenvalue weighted by Gasteiger charge is 2.22. The Balaban J connectivity index is 1.96. The molecule has 3 aromatic carbocycles. The van der Waals surface area contributed by atoms with Gasteiger partial charge in [0.15, 0.2) is 11.5 Å². The molecular formula is C23H14Cl2N4O7. The molecule has 0 radical (unpaired) electrons. The second-order valence-corrected chi connectivity index (χ2v) is 7.71. The molecule has 0 saturated heterocycles. The molecule has 3 rings (SSSR count). The third-order valence-corrected chi connectivity index (χ3v) is 5.26. The maximum Gasteiger partial charge on any atom is 0.318 e. The van der Waals surface area contributed by atoms with Crippen molar-refractivity contribution in [1.82, 2.24) is 0 Å². The molecular weight excluding hydrogens is 515 g/mol. The number of benzene rings is 3. The van der Waals surface area contributed by atoms with Crippen molar-refractivity contribution in [2.24, 2.45) is 0 Å². The van der Waals surface area contributed by atoms with Crippen LogP contribution in [0.15, 0.2) is 60.2 Å². The SMILES string of the molecule is COc1ccc(/C=C(\C#N)C(=O)Nc2c(Cl)cccc2Cl)cc1Oc1ccc([N+](=O)[O-])cc1[N+](=O)[O-]. The Morgan fingerprint density at radius 1 is 1.00 bits per heavy atom. The number of methoxy groups -OCH3 is 1. The lowest BCUT2D eigenvalue weighted by atomic mass is 10.1. The lowest BCUT2D eigenvalue weighted by molar-refractivity contribution is -0.394. The van der Waals surface area contributed by atoms with E-state index in [2.05, 4.69) is 5.32 Å². The fraction of sp³-hybridized carbons (Fsp3) is 0.0435. The molecule has 0 unspecified atom stereocenters. The summed E-state index contributed by atoms with van der Waals surface area (Å²) in [5.41, 5.74) is -0.978. The first-order valence-corrected chi connectivity index (χ1v) is 10.6. The van der Waals surface area contributed by atoms with Crippen LogP contribution in [0, 0.1) is 31.6 Å². The van der Waals surface area contributed by atoms with Crippen molar-refractivity contribution in [1.29, 1.82) is 5.26 Å². The molecule has 1 amide bonds. The fourth-order valence-electron chi connectivity index (χ4n) is 2.94. The van der Waals surface area contributed by atoms with Crippen LogP contribution in [0.25, 0.3) is 6.08 Å². The van der Waals surface area contributed by atoms with Crippen molar-refractivity contribution in [2.45, 2.75) is 0 Å². The van der Waals surface area contributed by atoms with Gasteiger partial charge in [-0.05, 0) is 42.0 Å². The number of non-ortho nitro benzene ring substituents is 1. The summed E-state index contributed by atoms with van der Waals surface area (Å²) in [6, 6.07) is 13.7. The van der Waals surface area contributed by atoms with E-state index in [1.807, 2.05) is 0 Å². The number of amides is 1. The molecule has 36 heavy (non-hydrogen) atoms. The zero-order valence-electron chi connectivity index (χ0n) is 18.2. The second-order valence-electron chi connectivity index (χ2n) is 6.90. The number of hydrogen-bond donors (Lipinski definition) is 1. The van der Waals surface area contributed by atoms with Gasteiger partial charge in [-0.3, -0.25) is 25.0 Å². The van der Waals surface area contributed by atoms with Gasteiger partial charge in [-0.2, -0.15) is 5.26 Å². The van der Waals surface area contributed by atoms with E-state index in [1.165, 1.54) is 43.5 Å². The van der Waals surface area contributed by atoms with E-state index in [4.69, 9.17) is 32.7 Å². The largest absolute Gasteiger partial charge is 0.493 e. The first-order chi connectivity index (χ1) is 17.1. The Morgan fingerprint density at radius 3 is 2.25 bits per heavy atom. The zero-order chi connectivity index (χ0) is 26.4. The molecule has 3 aromatic rings. The van der Waals surface area contributed by atoms with Crippen LogP contribution < -0.4 is 14.8 Å². The van der Waals surface area contributed by atoms with Crippen LogP contribution in [0.5, 0.6) is 17.2 Å². The average Bonchev–Trinajstić information content (AvgIpc) is 2.84. The van der Waals surface area contributed by atoms with Crippen molar-refractivity contribution in [3.05, 3.63) is 96.0 Å². The highest BCUT2D eigenvalue weighted by atomic mass is 35.5. The average molecular weight is 529 g/mol. The minimum Gasteiger partial charge on any atom is -0.493 e. The summed E-state index contributed by atoms with van der Waals surface area (Å²) in [6.07, 6.45) is 1.25. The standard InChI is InChI=1S/C23H14Cl2N4O7/c1-35-20-7-5-13(9-14(12-26)23(30)27-22-16(24)3-2-4-17(22)25)10-21(20)36-19-8-6-15(28(31)32)11-18(19)29(33)34/h2-11H,1H3,(H,27,30)/b14-9+. The summed E-state index contributed by atoms with van der Waals surface area (Å²) in [5.74, 6) is -0.894. The summed E-state index contributed by atoms with van der Waals surface area (Å²) in [6.45, 7) is 0. The van der Waals surface area contributed by atoms with Crippen LogP contribution in [-0.2, 0) is 4.79 Å². The summed E-state index contributed by atoms with van der Waals surface area (Å²) >= 11 is 12.1. The van der Waals surface area contributed by atoms with Crippen LogP contribution in [0.3, 0.4) is 0 Å². The first kappa shape index (κ1) is 26.0. The topological polar surface area (TPSA) is 158 Å². The highest BCUT2D eigenvalue weighted by Crippen LogP contribution is 2.39. The number of nitrogens with zero attached hydrogens (tertiary/aromatic N) is 3. The van der Waals surface area contributed by atoms with Crippen LogP contribution in [0.2, 0.25) is 10.0 Å². The van der Waals surface area contributed by atoms with E-state index in [0.29, 0.717) is 5.56 Å². The molecule has 11 nitrogen and oxygen atoms in total. The van der Waals surface area contributed by atoms with Crippen LogP contribution in [-0.4, -0.2) is 22.9 Å². The molecule has 0 atom stereocenters. The lowest BCUT2D eigenvalue weighted by Crippen LogP contribution is -2.14. The van der Waals surface area contributed by atoms with Crippen LogP contribution in [0.4, 0.5) is 17.1 Å². The molecule has 0 spiro atoms. The van der Waals surface area contributed by atoms with E-state index >= 15 is 0 Å². The molecule has 182 valence electrons. The number of ether oxygens (including phenoxy) is 2. The number of nitro benzene ring substituents is 2. The van der Waals surface area contributed by atoms with Gasteiger partial charge in [0.05, 0.1) is 38.8 Å². The van der Waals surface area contributed by atoms with Gasteiger partial charge in [0.25, 0.3) is 11.6 Å². The predicted molar refractivity (Wildman–Crippen MR) is 132 cm³/mol. The van der Waals surface area contributed by atoms with Gasteiger partial charge in [-0.1, -0.05) is 35.3 Å². The van der Waals surface area contributed by atoms with Gasteiger partial charge in [-0.15, -0.1) is 0 Å². The Bertz CT molecular complexity index is 1430. The van der Waals surface area contributed by atoms with Crippen molar-refractivity contribution in [2.75, 3.05) is 12.4 Å². The minimum absolute atomic E-state index is 0.00458. The number of para-hydroxylation sites is 1. The third kappa shape index (κ3) is 5.87. The van der Waals surface area contributed by atoms with Gasteiger partial charge in [-0.25, -0.2) is 0 Å². The second kappa shape index (κ2) is 11.2. The lowest BCUT2D eigenvalue weighted by Gasteiger charge is -2.12. The quantitative estimate of drug-likeness (QED) is 0.157. The van der Waals surface area contributed by atoms with Gasteiger partial charge in [0, 0.05) is 6.07 Å². The molecule has 0 aliphatic heterocycles. The molecule has 0 fully saturated rings. The number of anilines is 1. The smallest absolute Gasteiger partial charge is 0.318 e. The number of nitrogens with one attached hydrogen (secondary N) is 1. The zero-order valence-corrected chi connectivity index (χ0v) is 19.7. The number of rotatable bonds is 8. The van der Waals surface area contributed by atoms with Gasteiger partial charge in [0.2, 0.25) is 5.75 Å². The number of halogens is 2. The fourth-order valence-corrected chi connectivity index (χ4v) is 3.43. The third-order valence-electron chi connectivity index (χ3n) is 4.64. The minimum atomic E-state index is -0.823. The van der Waals surface area contributed by atoms with E-state index < -0.39 is 27.1 Å². The van der Waals surface area contributed by atoms with E-state index in [0.717, 1.165) is 18.2 Å². The van der Waals surface area contributed by atoms with Gasteiger partial charge >= 0.3 is 5.69 Å². The van der Waals surface area contributed by atoms with Crippen LogP contribution in [0.1, 0.15) is 5.56 Å². The Kier molecular flexibility index (Phi) is 8.06. The van der Waals surface area contributed by atoms with E-state index in [9.17, 15) is 30.3 Å². The molecule has 0 aromatic heterocycles. The summed E-state index contributed by atoms with van der Waals surface area (Å²) in [4.78, 5) is 33.5. The van der Waals surface area contributed by atoms with E-state index in [1.54, 1.807) is 12.1 Å². The van der Waals surface area contributed by atoms with Crippen LogP contribution >= 0.6 is 23.2 Å². The Labute approximate surface area is 213 Å². The highest BCUT2D eigenvalue weighted by molar-refractivity contribution is 6.40.